The van der Waals surface area contributed by atoms with E-state index in [-0.39, 0.29) is 11.4 Å². The number of ether oxygens (including phenoxy) is 1. The summed E-state index contributed by atoms with van der Waals surface area (Å²) in [7, 11) is 0. The summed E-state index contributed by atoms with van der Waals surface area (Å²) in [6.45, 7) is 4.06. The number of aliphatic hydroxyl groups excluding tert-OH is 1. The van der Waals surface area contributed by atoms with E-state index in [1.807, 2.05) is 30.3 Å². The Labute approximate surface area is 162 Å². The number of nitro groups is 1. The Morgan fingerprint density at radius 3 is 2.64 bits per heavy atom. The van der Waals surface area contributed by atoms with Crippen LogP contribution in [0.25, 0.3) is 0 Å². The van der Waals surface area contributed by atoms with E-state index in [2.05, 4.69) is 10.6 Å². The van der Waals surface area contributed by atoms with Crippen LogP contribution in [0.15, 0.2) is 42.5 Å². The predicted octanol–water partition coefficient (Wildman–Crippen LogP) is 2.57. The van der Waals surface area contributed by atoms with Gasteiger partial charge >= 0.3 is 0 Å². The highest BCUT2D eigenvalue weighted by atomic mass is 16.6. The Morgan fingerprint density at radius 2 is 2.00 bits per heavy atom. The van der Waals surface area contributed by atoms with Gasteiger partial charge in [0.2, 0.25) is 6.41 Å². The van der Waals surface area contributed by atoms with Crippen molar-refractivity contribution in [2.24, 2.45) is 0 Å². The predicted molar refractivity (Wildman–Crippen MR) is 104 cm³/mol. The van der Waals surface area contributed by atoms with Crippen LogP contribution >= 0.6 is 0 Å². The molecule has 0 spiro atoms. The molecule has 8 nitrogen and oxygen atoms in total. The van der Waals surface area contributed by atoms with E-state index < -0.39 is 22.7 Å². The van der Waals surface area contributed by atoms with Crippen LogP contribution in [-0.4, -0.2) is 34.7 Å². The third kappa shape index (κ3) is 3.97. The summed E-state index contributed by atoms with van der Waals surface area (Å²) in [5.41, 5.74) is 0.577. The number of fused-ring (bicyclic) bond motifs is 1. The zero-order valence-corrected chi connectivity index (χ0v) is 15.7. The average Bonchev–Trinajstić information content (AvgIpc) is 2.65. The number of amides is 1. The molecule has 1 heterocycles. The molecule has 28 heavy (non-hydrogen) atoms. The van der Waals surface area contributed by atoms with Gasteiger partial charge in [0.25, 0.3) is 5.69 Å². The number of carbonyl (C=O) groups excluding carboxylic acids is 1. The summed E-state index contributed by atoms with van der Waals surface area (Å²) in [5.74, 6) is 0.315. The van der Waals surface area contributed by atoms with Crippen molar-refractivity contribution < 1.29 is 19.6 Å². The maximum Gasteiger partial charge on any atom is 0.296 e. The van der Waals surface area contributed by atoms with Crippen molar-refractivity contribution in [3.8, 4) is 5.75 Å². The second-order valence-electron chi connectivity index (χ2n) is 7.24. The number of anilines is 1. The highest BCUT2D eigenvalue weighted by Crippen LogP contribution is 2.44. The highest BCUT2D eigenvalue weighted by molar-refractivity contribution is 5.79. The molecule has 0 saturated carbocycles. The van der Waals surface area contributed by atoms with E-state index in [4.69, 9.17) is 4.74 Å². The van der Waals surface area contributed by atoms with Crippen molar-refractivity contribution >= 4 is 17.8 Å². The molecule has 1 amide bonds. The summed E-state index contributed by atoms with van der Waals surface area (Å²) in [6, 6.07) is 12.2. The van der Waals surface area contributed by atoms with Crippen LogP contribution in [0.2, 0.25) is 0 Å². The van der Waals surface area contributed by atoms with Crippen molar-refractivity contribution in [1.29, 1.82) is 0 Å². The average molecular weight is 385 g/mol. The van der Waals surface area contributed by atoms with Crippen molar-refractivity contribution in [3.63, 3.8) is 0 Å². The molecular formula is C20H23N3O5. The summed E-state index contributed by atoms with van der Waals surface area (Å²) >= 11 is 0. The van der Waals surface area contributed by atoms with Gasteiger partial charge in [-0.3, -0.25) is 14.9 Å². The standard InChI is InChI=1S/C20H23N3O5/c1-20(2)19(25)18(21-9-8-13-6-4-3-5-7-13)14-10-15(22-12-24)16(23(26)27)11-17(14)28-20/h3-7,10-12,18-19,21,25H,8-9H2,1-2H3,(H,22,24)/t18-,19+/m0/s1. The number of hydrogen-bond donors (Lipinski definition) is 3. The number of carbonyl (C=O) groups is 1. The second kappa shape index (κ2) is 7.95. The minimum atomic E-state index is -0.940. The molecule has 1 aliphatic rings. The first-order valence-corrected chi connectivity index (χ1v) is 9.00. The van der Waals surface area contributed by atoms with Crippen molar-refractivity contribution in [1.82, 2.24) is 5.32 Å². The Bertz CT molecular complexity index is 870. The fourth-order valence-corrected chi connectivity index (χ4v) is 3.40. The van der Waals surface area contributed by atoms with Crippen molar-refractivity contribution in [3.05, 3.63) is 63.7 Å². The SMILES string of the molecule is CC1(C)Oc2cc([N+](=O)[O-])c(NC=O)cc2[C@H](NCCc2ccccc2)[C@H]1O. The first-order chi connectivity index (χ1) is 13.3. The number of benzene rings is 2. The lowest BCUT2D eigenvalue weighted by Gasteiger charge is -2.42. The smallest absolute Gasteiger partial charge is 0.296 e. The van der Waals surface area contributed by atoms with Crippen LogP contribution in [0.4, 0.5) is 11.4 Å². The highest BCUT2D eigenvalue weighted by Gasteiger charge is 2.43. The minimum absolute atomic E-state index is 0.0594. The van der Waals surface area contributed by atoms with Gasteiger partial charge in [-0.15, -0.1) is 0 Å². The summed E-state index contributed by atoms with van der Waals surface area (Å²) < 4.78 is 5.84. The molecule has 2 aromatic rings. The fourth-order valence-electron chi connectivity index (χ4n) is 3.40. The number of nitrogens with one attached hydrogen (secondary N) is 2. The maximum atomic E-state index is 11.3. The third-order valence-corrected chi connectivity index (χ3v) is 4.90. The third-order valence-electron chi connectivity index (χ3n) is 4.90. The lowest BCUT2D eigenvalue weighted by molar-refractivity contribution is -0.384. The van der Waals surface area contributed by atoms with Gasteiger partial charge in [0.1, 0.15) is 23.1 Å². The molecule has 3 rings (SSSR count). The molecule has 0 bridgehead atoms. The van der Waals surface area contributed by atoms with Crippen LogP contribution < -0.4 is 15.4 Å². The van der Waals surface area contributed by atoms with E-state index in [0.29, 0.717) is 24.3 Å². The van der Waals surface area contributed by atoms with Gasteiger partial charge in [0, 0.05) is 5.56 Å². The molecule has 0 aromatic heterocycles. The van der Waals surface area contributed by atoms with Crippen LogP contribution in [0.1, 0.15) is 31.0 Å². The molecule has 0 radical (unpaired) electrons. The largest absolute Gasteiger partial charge is 0.484 e. The Hall–Kier alpha value is -2.97. The molecule has 0 fully saturated rings. The van der Waals surface area contributed by atoms with Crippen molar-refractivity contribution in [2.75, 3.05) is 11.9 Å². The number of nitrogens with zero attached hydrogens (tertiary/aromatic N) is 1. The number of hydrogen-bond acceptors (Lipinski definition) is 6. The normalized spacial score (nSPS) is 20.0. The van der Waals surface area contributed by atoms with E-state index in [9.17, 15) is 20.0 Å². The Balaban J connectivity index is 1.92. The van der Waals surface area contributed by atoms with Gasteiger partial charge in [-0.1, -0.05) is 30.3 Å². The number of nitro benzene ring substituents is 1. The summed E-state index contributed by atoms with van der Waals surface area (Å²) in [5, 5.41) is 27.9. The summed E-state index contributed by atoms with van der Waals surface area (Å²) in [4.78, 5) is 21.6. The van der Waals surface area contributed by atoms with Gasteiger partial charge in [-0.25, -0.2) is 0 Å². The quantitative estimate of drug-likeness (QED) is 0.383. The molecule has 3 N–H and O–H groups in total. The van der Waals surface area contributed by atoms with E-state index in [1.54, 1.807) is 13.8 Å². The monoisotopic (exact) mass is 385 g/mol. The number of rotatable bonds is 7. The lowest BCUT2D eigenvalue weighted by Crippen LogP contribution is -2.52. The van der Waals surface area contributed by atoms with Crippen LogP contribution in [0, 0.1) is 10.1 Å². The first kappa shape index (κ1) is 19.8. The topological polar surface area (TPSA) is 114 Å². The number of aliphatic hydroxyl groups is 1. The van der Waals surface area contributed by atoms with Gasteiger partial charge in [0.15, 0.2) is 0 Å². The molecule has 0 aliphatic carbocycles. The van der Waals surface area contributed by atoms with Gasteiger partial charge in [0.05, 0.1) is 17.0 Å². The molecular weight excluding hydrogens is 362 g/mol. The molecule has 0 unspecified atom stereocenters. The first-order valence-electron chi connectivity index (χ1n) is 9.00. The van der Waals surface area contributed by atoms with Crippen LogP contribution in [0.3, 0.4) is 0 Å². The van der Waals surface area contributed by atoms with E-state index in [0.717, 1.165) is 12.0 Å². The Kier molecular flexibility index (Phi) is 5.62. The van der Waals surface area contributed by atoms with Crippen LogP contribution in [0.5, 0.6) is 5.75 Å². The zero-order chi connectivity index (χ0) is 20.3. The minimum Gasteiger partial charge on any atom is -0.484 e. The van der Waals surface area contributed by atoms with E-state index >= 15 is 0 Å². The molecule has 2 aromatic carbocycles. The second-order valence-corrected chi connectivity index (χ2v) is 7.24. The Morgan fingerprint density at radius 1 is 1.29 bits per heavy atom. The van der Waals surface area contributed by atoms with E-state index in [1.165, 1.54) is 12.1 Å². The molecule has 1 aliphatic heterocycles. The van der Waals surface area contributed by atoms with Gasteiger partial charge < -0.3 is 20.5 Å². The molecule has 0 saturated heterocycles. The van der Waals surface area contributed by atoms with Gasteiger partial charge in [-0.2, -0.15) is 0 Å². The molecule has 8 heteroatoms. The molecule has 2 atom stereocenters. The lowest BCUT2D eigenvalue weighted by atomic mass is 9.86. The fraction of sp³-hybridized carbons (Fsp3) is 0.350. The maximum absolute atomic E-state index is 11.3. The summed E-state index contributed by atoms with van der Waals surface area (Å²) in [6.07, 6.45) is 0.255. The molecule has 148 valence electrons. The zero-order valence-electron chi connectivity index (χ0n) is 15.7. The van der Waals surface area contributed by atoms with Crippen molar-refractivity contribution in [2.45, 2.75) is 38.0 Å². The van der Waals surface area contributed by atoms with Gasteiger partial charge in [-0.05, 0) is 38.4 Å². The van der Waals surface area contributed by atoms with Crippen LogP contribution in [-0.2, 0) is 11.2 Å².